The summed E-state index contributed by atoms with van der Waals surface area (Å²) in [7, 11) is 5.85. The largest absolute Gasteiger partial charge is 0.396 e. The molecule has 0 saturated heterocycles. The number of pyridine rings is 1. The molecule has 84 valence electrons. The normalized spacial score (nSPS) is 10.1. The number of nitrogens with zero attached hydrogens (tertiary/aromatic N) is 3. The van der Waals surface area contributed by atoms with Crippen LogP contribution in [0.25, 0.3) is 0 Å². The quantitative estimate of drug-likeness (QED) is 0.737. The summed E-state index contributed by atoms with van der Waals surface area (Å²) in [6.07, 6.45) is 1.80. The van der Waals surface area contributed by atoms with Crippen LogP contribution in [0.2, 0.25) is 0 Å². The fourth-order valence-electron chi connectivity index (χ4n) is 1.33. The highest BCUT2D eigenvalue weighted by molar-refractivity contribution is 5.67. The lowest BCUT2D eigenvalue weighted by Crippen LogP contribution is -2.26. The molecule has 0 aliphatic rings. The van der Waals surface area contributed by atoms with Gasteiger partial charge in [0.2, 0.25) is 0 Å². The maximum atomic E-state index is 5.92. The van der Waals surface area contributed by atoms with Gasteiger partial charge in [-0.2, -0.15) is 0 Å². The summed E-state index contributed by atoms with van der Waals surface area (Å²) in [4.78, 5) is 8.24. The van der Waals surface area contributed by atoms with E-state index in [4.69, 9.17) is 11.5 Å². The molecule has 4 N–H and O–H groups in total. The van der Waals surface area contributed by atoms with Crippen molar-refractivity contribution in [3.8, 4) is 0 Å². The Morgan fingerprint density at radius 1 is 1.33 bits per heavy atom. The molecule has 0 aliphatic carbocycles. The molecule has 0 aromatic carbocycles. The first-order chi connectivity index (χ1) is 7.06. The van der Waals surface area contributed by atoms with Crippen LogP contribution in [0.4, 0.5) is 17.2 Å². The summed E-state index contributed by atoms with van der Waals surface area (Å²) in [6.45, 7) is 1.34. The first-order valence-electron chi connectivity index (χ1n) is 4.90. The summed E-state index contributed by atoms with van der Waals surface area (Å²) in [6, 6.07) is 1.91. The minimum absolute atomic E-state index is 0.590. The van der Waals surface area contributed by atoms with Crippen LogP contribution in [0.5, 0.6) is 0 Å². The molecule has 1 aromatic rings. The molecule has 0 saturated carbocycles. The van der Waals surface area contributed by atoms with Gasteiger partial charge >= 0.3 is 0 Å². The van der Waals surface area contributed by atoms with Gasteiger partial charge in [-0.15, -0.1) is 0 Å². The highest BCUT2D eigenvalue weighted by atomic mass is 15.2. The van der Waals surface area contributed by atoms with Gasteiger partial charge in [0, 0.05) is 34.2 Å². The number of nitrogens with two attached hydrogens (primary N) is 2. The second-order valence-corrected chi connectivity index (χ2v) is 3.71. The van der Waals surface area contributed by atoms with Crippen LogP contribution in [0, 0.1) is 0 Å². The highest BCUT2D eigenvalue weighted by Crippen LogP contribution is 2.23. The summed E-state index contributed by atoms with van der Waals surface area (Å²) in [5, 5.41) is 0. The lowest BCUT2D eigenvalue weighted by molar-refractivity contribution is 0.869. The minimum Gasteiger partial charge on any atom is -0.396 e. The van der Waals surface area contributed by atoms with Gasteiger partial charge in [0.25, 0.3) is 0 Å². The van der Waals surface area contributed by atoms with Crippen molar-refractivity contribution in [3.63, 3.8) is 0 Å². The smallest absolute Gasteiger partial charge is 0.151 e. The molecule has 5 nitrogen and oxygen atoms in total. The van der Waals surface area contributed by atoms with E-state index in [2.05, 4.69) is 4.98 Å². The molecule has 0 radical (unpaired) electrons. The molecule has 1 rings (SSSR count). The van der Waals surface area contributed by atoms with Gasteiger partial charge in [0.15, 0.2) is 5.82 Å². The third-order valence-corrected chi connectivity index (χ3v) is 2.22. The summed E-state index contributed by atoms with van der Waals surface area (Å²) in [5.74, 6) is 0.783. The number of hydrogen-bond donors (Lipinski definition) is 2. The van der Waals surface area contributed by atoms with E-state index in [9.17, 15) is 0 Å². The average Bonchev–Trinajstić information content (AvgIpc) is 2.17. The Bertz CT molecular complexity index is 324. The zero-order valence-corrected chi connectivity index (χ0v) is 9.57. The van der Waals surface area contributed by atoms with Crippen LogP contribution >= 0.6 is 0 Å². The van der Waals surface area contributed by atoms with E-state index in [1.54, 1.807) is 6.20 Å². The van der Waals surface area contributed by atoms with E-state index in [-0.39, 0.29) is 0 Å². The third kappa shape index (κ3) is 2.73. The summed E-state index contributed by atoms with van der Waals surface area (Å²) >= 11 is 0. The molecule has 0 amide bonds. The number of nitrogen functional groups attached to an aromatic ring is 1. The van der Waals surface area contributed by atoms with Crippen LogP contribution < -0.4 is 21.3 Å². The Morgan fingerprint density at radius 2 is 2.00 bits per heavy atom. The third-order valence-electron chi connectivity index (χ3n) is 2.22. The molecule has 15 heavy (non-hydrogen) atoms. The van der Waals surface area contributed by atoms with Crippen molar-refractivity contribution in [1.29, 1.82) is 0 Å². The predicted molar refractivity (Wildman–Crippen MR) is 65.3 cm³/mol. The van der Waals surface area contributed by atoms with Crippen LogP contribution in [-0.2, 0) is 0 Å². The van der Waals surface area contributed by atoms with E-state index < -0.39 is 0 Å². The van der Waals surface area contributed by atoms with Gasteiger partial charge in [0.1, 0.15) is 0 Å². The Hall–Kier alpha value is -1.49. The van der Waals surface area contributed by atoms with Crippen molar-refractivity contribution in [2.24, 2.45) is 5.73 Å². The Kier molecular flexibility index (Phi) is 3.74. The monoisotopic (exact) mass is 209 g/mol. The maximum Gasteiger partial charge on any atom is 0.151 e. The van der Waals surface area contributed by atoms with E-state index in [0.29, 0.717) is 12.2 Å². The molecule has 0 atom stereocenters. The first-order valence-corrected chi connectivity index (χ1v) is 4.90. The fourth-order valence-corrected chi connectivity index (χ4v) is 1.33. The molecule has 0 unspecified atom stereocenters. The van der Waals surface area contributed by atoms with Crippen molar-refractivity contribution in [3.05, 3.63) is 12.3 Å². The number of rotatable bonds is 4. The minimum atomic E-state index is 0.590. The van der Waals surface area contributed by atoms with Crippen LogP contribution in [0.1, 0.15) is 0 Å². The molecular weight excluding hydrogens is 190 g/mol. The van der Waals surface area contributed by atoms with Crippen molar-refractivity contribution in [1.82, 2.24) is 4.98 Å². The SMILES string of the molecule is CN(C)c1cnc(N(C)CCN)c(N)c1. The molecule has 1 heterocycles. The highest BCUT2D eigenvalue weighted by Gasteiger charge is 2.07. The zero-order chi connectivity index (χ0) is 11.4. The Morgan fingerprint density at radius 3 is 2.47 bits per heavy atom. The van der Waals surface area contributed by atoms with Gasteiger partial charge in [-0.05, 0) is 6.07 Å². The number of hydrogen-bond acceptors (Lipinski definition) is 5. The Labute approximate surface area is 90.7 Å². The number of aromatic nitrogens is 1. The van der Waals surface area contributed by atoms with Crippen LogP contribution in [0.3, 0.4) is 0 Å². The van der Waals surface area contributed by atoms with Crippen molar-refractivity contribution < 1.29 is 0 Å². The average molecular weight is 209 g/mol. The molecule has 5 heteroatoms. The predicted octanol–water partition coefficient (Wildman–Crippen LogP) is 0.125. The Balaban J connectivity index is 2.92. The number of likely N-dealkylation sites (N-methyl/N-ethyl adjacent to an activating group) is 1. The summed E-state index contributed by atoms with van der Waals surface area (Å²) < 4.78 is 0. The van der Waals surface area contributed by atoms with Gasteiger partial charge in [-0.25, -0.2) is 4.98 Å². The van der Waals surface area contributed by atoms with E-state index >= 15 is 0 Å². The van der Waals surface area contributed by atoms with Crippen molar-refractivity contribution in [2.75, 3.05) is 49.8 Å². The maximum absolute atomic E-state index is 5.92. The second kappa shape index (κ2) is 4.84. The lowest BCUT2D eigenvalue weighted by Gasteiger charge is -2.20. The van der Waals surface area contributed by atoms with Crippen molar-refractivity contribution >= 4 is 17.2 Å². The fraction of sp³-hybridized carbons (Fsp3) is 0.500. The lowest BCUT2D eigenvalue weighted by atomic mass is 10.3. The molecular formula is C10H19N5. The van der Waals surface area contributed by atoms with E-state index in [0.717, 1.165) is 18.1 Å². The molecule has 0 spiro atoms. The van der Waals surface area contributed by atoms with E-state index in [1.165, 1.54) is 0 Å². The molecule has 0 aliphatic heterocycles. The second-order valence-electron chi connectivity index (χ2n) is 3.71. The zero-order valence-electron chi connectivity index (χ0n) is 9.57. The molecule has 0 fully saturated rings. The van der Waals surface area contributed by atoms with E-state index in [1.807, 2.05) is 37.0 Å². The topological polar surface area (TPSA) is 71.4 Å². The van der Waals surface area contributed by atoms with Crippen molar-refractivity contribution in [2.45, 2.75) is 0 Å². The van der Waals surface area contributed by atoms with Gasteiger partial charge < -0.3 is 21.3 Å². The van der Waals surface area contributed by atoms with Crippen LogP contribution in [0.15, 0.2) is 12.3 Å². The molecule has 1 aromatic heterocycles. The molecule has 0 bridgehead atoms. The van der Waals surface area contributed by atoms with Gasteiger partial charge in [-0.3, -0.25) is 0 Å². The first kappa shape index (κ1) is 11.6. The standard InChI is InChI=1S/C10H19N5/c1-14(2)8-6-9(12)10(13-7-8)15(3)5-4-11/h6-7H,4-5,11-12H2,1-3H3. The number of anilines is 3. The van der Waals surface area contributed by atoms with Gasteiger partial charge in [-0.1, -0.05) is 0 Å². The van der Waals surface area contributed by atoms with Gasteiger partial charge in [0.05, 0.1) is 17.6 Å². The summed E-state index contributed by atoms with van der Waals surface area (Å²) in [5.41, 5.74) is 13.1. The van der Waals surface area contributed by atoms with Crippen LogP contribution in [-0.4, -0.2) is 39.2 Å².